The van der Waals surface area contributed by atoms with Gasteiger partial charge < -0.3 is 24.8 Å². The van der Waals surface area contributed by atoms with Crippen LogP contribution in [0, 0.1) is 0 Å². The van der Waals surface area contributed by atoms with Crippen LogP contribution < -0.4 is 5.32 Å². The van der Waals surface area contributed by atoms with Gasteiger partial charge in [-0.05, 0) is 28.7 Å². The first-order valence-electron chi connectivity index (χ1n) is 11.7. The first-order valence-corrected chi connectivity index (χ1v) is 11.7. The van der Waals surface area contributed by atoms with Crippen LogP contribution in [-0.4, -0.2) is 66.4 Å². The van der Waals surface area contributed by atoms with Gasteiger partial charge in [0.15, 0.2) is 0 Å². The number of carboxylic acids is 1. The Morgan fingerprint density at radius 1 is 1.06 bits per heavy atom. The fourth-order valence-electron chi connectivity index (χ4n) is 4.66. The second-order valence-electron chi connectivity index (χ2n) is 8.79. The fourth-order valence-corrected chi connectivity index (χ4v) is 4.66. The van der Waals surface area contributed by atoms with Gasteiger partial charge in [0.05, 0.1) is 6.10 Å². The number of hydrogen-bond donors (Lipinski definition) is 2. The number of aliphatic carboxylic acids is 1. The Bertz CT molecular complexity index is 1000. The van der Waals surface area contributed by atoms with Crippen molar-refractivity contribution in [3.63, 3.8) is 0 Å². The minimum absolute atomic E-state index is 0.0202. The van der Waals surface area contributed by atoms with E-state index in [0.29, 0.717) is 19.5 Å². The number of amides is 2. The summed E-state index contributed by atoms with van der Waals surface area (Å²) in [5.41, 5.74) is 4.63. The molecule has 2 N–H and O–H groups in total. The van der Waals surface area contributed by atoms with Gasteiger partial charge in [0.1, 0.15) is 13.2 Å². The quantitative estimate of drug-likeness (QED) is 0.556. The van der Waals surface area contributed by atoms with E-state index in [1.807, 2.05) is 31.2 Å². The molecule has 0 saturated carbocycles. The number of likely N-dealkylation sites (tertiary alicyclic amines) is 1. The van der Waals surface area contributed by atoms with Crippen molar-refractivity contribution in [1.29, 1.82) is 0 Å². The standard InChI is InChI=1S/C26H30N2O6/c1-2-7-17(12-24(29)28-13-18(14-28)33-16-25(30)31)27-26(32)34-15-23-21-10-5-3-8-19(21)20-9-4-6-11-22(20)23/h3-6,8-11,17-18,23H,2,7,12-16H2,1H3,(H,27,32)(H,30,31)/t17-/m0/s1. The Morgan fingerprint density at radius 3 is 2.26 bits per heavy atom. The molecular weight excluding hydrogens is 436 g/mol. The molecule has 1 heterocycles. The second kappa shape index (κ2) is 10.7. The zero-order chi connectivity index (χ0) is 24.1. The molecule has 0 aromatic heterocycles. The van der Waals surface area contributed by atoms with Gasteiger partial charge in [0, 0.05) is 31.5 Å². The molecule has 1 aliphatic heterocycles. The summed E-state index contributed by atoms with van der Waals surface area (Å²) in [4.78, 5) is 37.4. The summed E-state index contributed by atoms with van der Waals surface area (Å²) < 4.78 is 10.8. The van der Waals surface area contributed by atoms with E-state index in [1.54, 1.807) is 4.90 Å². The van der Waals surface area contributed by atoms with Crippen molar-refractivity contribution in [1.82, 2.24) is 10.2 Å². The van der Waals surface area contributed by atoms with Crippen LogP contribution >= 0.6 is 0 Å². The number of carbonyl (C=O) groups is 3. The van der Waals surface area contributed by atoms with Gasteiger partial charge in [-0.2, -0.15) is 0 Å². The lowest BCUT2D eigenvalue weighted by molar-refractivity contribution is -0.154. The molecule has 0 spiro atoms. The lowest BCUT2D eigenvalue weighted by atomic mass is 9.98. The molecule has 1 atom stereocenters. The summed E-state index contributed by atoms with van der Waals surface area (Å²) in [6.07, 6.45) is 0.859. The number of benzene rings is 2. The SMILES string of the molecule is CCC[C@@H](CC(=O)N1CC(OCC(=O)O)C1)NC(=O)OCC1c2ccccc2-c2ccccc21. The van der Waals surface area contributed by atoms with Crippen LogP contribution in [0.3, 0.4) is 0 Å². The fraction of sp³-hybridized carbons (Fsp3) is 0.423. The topological polar surface area (TPSA) is 105 Å². The van der Waals surface area contributed by atoms with Crippen LogP contribution in [0.15, 0.2) is 48.5 Å². The minimum atomic E-state index is -1.03. The Labute approximate surface area is 198 Å². The highest BCUT2D eigenvalue weighted by Crippen LogP contribution is 2.44. The van der Waals surface area contributed by atoms with Crippen molar-refractivity contribution in [2.45, 2.75) is 44.2 Å². The van der Waals surface area contributed by atoms with Crippen molar-refractivity contribution < 1.29 is 29.0 Å². The Kier molecular flexibility index (Phi) is 7.47. The van der Waals surface area contributed by atoms with Crippen LogP contribution in [-0.2, 0) is 19.1 Å². The van der Waals surface area contributed by atoms with E-state index in [0.717, 1.165) is 17.5 Å². The molecule has 0 radical (unpaired) electrons. The van der Waals surface area contributed by atoms with E-state index in [9.17, 15) is 14.4 Å². The van der Waals surface area contributed by atoms with Crippen molar-refractivity contribution in [3.8, 4) is 11.1 Å². The van der Waals surface area contributed by atoms with Crippen LogP contribution in [0.25, 0.3) is 11.1 Å². The third-order valence-corrected chi connectivity index (χ3v) is 6.37. The maximum Gasteiger partial charge on any atom is 0.407 e. The Hall–Kier alpha value is -3.39. The number of carbonyl (C=O) groups excluding carboxylic acids is 2. The molecule has 1 aliphatic carbocycles. The summed E-state index contributed by atoms with van der Waals surface area (Å²) in [7, 11) is 0. The molecule has 1 fully saturated rings. The van der Waals surface area contributed by atoms with Crippen LogP contribution in [0.2, 0.25) is 0 Å². The molecule has 0 unspecified atom stereocenters. The molecule has 2 aromatic carbocycles. The number of fused-ring (bicyclic) bond motifs is 3. The van der Waals surface area contributed by atoms with E-state index < -0.39 is 12.1 Å². The second-order valence-corrected chi connectivity index (χ2v) is 8.79. The predicted molar refractivity (Wildman–Crippen MR) is 125 cm³/mol. The molecule has 180 valence electrons. The lowest BCUT2D eigenvalue weighted by Crippen LogP contribution is -2.56. The average Bonchev–Trinajstić information content (AvgIpc) is 3.10. The van der Waals surface area contributed by atoms with Crippen molar-refractivity contribution in [2.24, 2.45) is 0 Å². The first-order chi connectivity index (χ1) is 16.5. The number of carboxylic acid groups (broad SMARTS) is 1. The Morgan fingerprint density at radius 2 is 1.68 bits per heavy atom. The summed E-state index contributed by atoms with van der Waals surface area (Å²) in [6.45, 7) is 2.60. The summed E-state index contributed by atoms with van der Waals surface area (Å²) in [5, 5.41) is 11.5. The maximum absolute atomic E-state index is 12.6. The van der Waals surface area contributed by atoms with Crippen LogP contribution in [0.5, 0.6) is 0 Å². The number of nitrogens with zero attached hydrogens (tertiary/aromatic N) is 1. The molecule has 4 rings (SSSR count). The molecule has 34 heavy (non-hydrogen) atoms. The average molecular weight is 467 g/mol. The Balaban J connectivity index is 1.28. The predicted octanol–water partition coefficient (Wildman–Crippen LogP) is 3.40. The maximum atomic E-state index is 12.6. The molecule has 2 aliphatic rings. The third kappa shape index (κ3) is 5.39. The van der Waals surface area contributed by atoms with Crippen molar-refractivity contribution in [2.75, 3.05) is 26.3 Å². The van der Waals surface area contributed by atoms with Crippen LogP contribution in [0.4, 0.5) is 4.79 Å². The summed E-state index contributed by atoms with van der Waals surface area (Å²) in [5.74, 6) is -1.14. The van der Waals surface area contributed by atoms with Gasteiger partial charge in [-0.3, -0.25) is 4.79 Å². The van der Waals surface area contributed by atoms with Gasteiger partial charge in [-0.1, -0.05) is 61.9 Å². The normalized spacial score (nSPS) is 15.7. The molecule has 2 aromatic rings. The number of ether oxygens (including phenoxy) is 2. The summed E-state index contributed by atoms with van der Waals surface area (Å²) in [6, 6.07) is 16.0. The van der Waals surface area contributed by atoms with E-state index in [1.165, 1.54) is 11.1 Å². The molecule has 8 nitrogen and oxygen atoms in total. The number of alkyl carbamates (subject to hydrolysis) is 1. The number of hydrogen-bond acceptors (Lipinski definition) is 5. The highest BCUT2D eigenvalue weighted by Gasteiger charge is 2.33. The number of nitrogens with one attached hydrogen (secondary N) is 1. The number of rotatable bonds is 10. The third-order valence-electron chi connectivity index (χ3n) is 6.37. The zero-order valence-electron chi connectivity index (χ0n) is 19.2. The van der Waals surface area contributed by atoms with Gasteiger partial charge in [-0.25, -0.2) is 9.59 Å². The summed E-state index contributed by atoms with van der Waals surface area (Å²) >= 11 is 0. The van der Waals surface area contributed by atoms with Gasteiger partial charge in [0.2, 0.25) is 5.91 Å². The van der Waals surface area contributed by atoms with Gasteiger partial charge in [0.25, 0.3) is 0 Å². The molecule has 1 saturated heterocycles. The molecule has 8 heteroatoms. The van der Waals surface area contributed by atoms with Gasteiger partial charge in [-0.15, -0.1) is 0 Å². The lowest BCUT2D eigenvalue weighted by Gasteiger charge is -2.39. The van der Waals surface area contributed by atoms with Gasteiger partial charge >= 0.3 is 12.1 Å². The molecule has 2 amide bonds. The van der Waals surface area contributed by atoms with Crippen LogP contribution in [0.1, 0.15) is 43.2 Å². The molecule has 0 bridgehead atoms. The van der Waals surface area contributed by atoms with E-state index in [-0.39, 0.29) is 43.6 Å². The largest absolute Gasteiger partial charge is 0.480 e. The highest BCUT2D eigenvalue weighted by atomic mass is 16.5. The van der Waals surface area contributed by atoms with Crippen molar-refractivity contribution in [3.05, 3.63) is 59.7 Å². The zero-order valence-corrected chi connectivity index (χ0v) is 19.2. The first kappa shape index (κ1) is 23.8. The van der Waals surface area contributed by atoms with Crippen molar-refractivity contribution >= 4 is 18.0 Å². The smallest absolute Gasteiger partial charge is 0.407 e. The van der Waals surface area contributed by atoms with E-state index >= 15 is 0 Å². The molecular formula is C26H30N2O6. The monoisotopic (exact) mass is 466 g/mol. The van der Waals surface area contributed by atoms with E-state index in [2.05, 4.69) is 29.6 Å². The highest BCUT2D eigenvalue weighted by molar-refractivity contribution is 5.80. The minimum Gasteiger partial charge on any atom is -0.480 e. The van der Waals surface area contributed by atoms with E-state index in [4.69, 9.17) is 14.6 Å².